The lowest BCUT2D eigenvalue weighted by molar-refractivity contribution is -0.104. The molecular weight excluding hydrogens is 272 g/mol. The lowest BCUT2D eigenvalue weighted by atomic mass is 10.2. The maximum absolute atomic E-state index is 11.0. The van der Waals surface area contributed by atoms with Gasteiger partial charge in [0.2, 0.25) is 0 Å². The van der Waals surface area contributed by atoms with E-state index in [1.807, 2.05) is 24.3 Å². The summed E-state index contributed by atoms with van der Waals surface area (Å²) in [5.41, 5.74) is 0.855. The molecule has 2 aromatic rings. The van der Waals surface area contributed by atoms with Crippen molar-refractivity contribution in [3.05, 3.63) is 46.6 Å². The van der Waals surface area contributed by atoms with Gasteiger partial charge < -0.3 is 4.42 Å². The number of Topliss-reactive ketones (excluding diaryl/α,β-unsaturated/α-hetero) is 1. The number of hydrogen-bond acceptors (Lipinski definition) is 3. The highest BCUT2D eigenvalue weighted by atomic mass is 79.9. The lowest BCUT2D eigenvalue weighted by Crippen LogP contribution is -1.96. The molecule has 0 unspecified atom stereocenters. The van der Waals surface area contributed by atoms with Crippen LogP contribution < -0.4 is 0 Å². The van der Waals surface area contributed by atoms with Crippen LogP contribution in [-0.2, 0) is 4.79 Å². The molecule has 0 saturated carbocycles. The van der Waals surface area contributed by atoms with E-state index in [-0.39, 0.29) is 12.0 Å². The van der Waals surface area contributed by atoms with Gasteiger partial charge in [-0.3, -0.25) is 9.59 Å². The van der Waals surface area contributed by atoms with Gasteiger partial charge in [-0.25, -0.2) is 0 Å². The molecule has 0 saturated heterocycles. The van der Waals surface area contributed by atoms with Crippen molar-refractivity contribution in [2.75, 3.05) is 0 Å². The van der Waals surface area contributed by atoms with Crippen LogP contribution in [0.1, 0.15) is 10.6 Å². The molecule has 0 aliphatic rings. The maximum Gasteiger partial charge on any atom is 0.260 e. The average Bonchev–Trinajstić information content (AvgIpc) is 2.78. The Bertz CT molecular complexity index is 525. The molecule has 3 nitrogen and oxygen atoms in total. The number of aldehydes is 1. The van der Waals surface area contributed by atoms with E-state index in [1.54, 1.807) is 6.07 Å². The van der Waals surface area contributed by atoms with Crippen molar-refractivity contribution >= 4 is 28.0 Å². The average molecular weight is 279 g/mol. The van der Waals surface area contributed by atoms with Crippen LogP contribution in [0.5, 0.6) is 0 Å². The highest BCUT2D eigenvalue weighted by molar-refractivity contribution is 9.10. The lowest BCUT2D eigenvalue weighted by Gasteiger charge is -1.96. The molecule has 0 amide bonds. The van der Waals surface area contributed by atoms with Crippen LogP contribution in [0.4, 0.5) is 0 Å². The highest BCUT2D eigenvalue weighted by Gasteiger charge is 2.10. The Morgan fingerprint density at radius 2 is 1.81 bits per heavy atom. The van der Waals surface area contributed by atoms with Crippen LogP contribution >= 0.6 is 15.9 Å². The Kier molecular flexibility index (Phi) is 3.01. The number of rotatable bonds is 3. The molecule has 16 heavy (non-hydrogen) atoms. The molecule has 0 aliphatic carbocycles. The summed E-state index contributed by atoms with van der Waals surface area (Å²) in [6.07, 6.45) is 0.240. The first-order chi connectivity index (χ1) is 7.70. The number of hydrogen-bond donors (Lipinski definition) is 0. The summed E-state index contributed by atoms with van der Waals surface area (Å²) in [5, 5.41) is 0. The monoisotopic (exact) mass is 278 g/mol. The summed E-state index contributed by atoms with van der Waals surface area (Å²) < 4.78 is 6.23. The van der Waals surface area contributed by atoms with Gasteiger partial charge in [0.15, 0.2) is 12.0 Å². The number of benzene rings is 1. The summed E-state index contributed by atoms with van der Waals surface area (Å²) in [6.45, 7) is 0. The van der Waals surface area contributed by atoms with Gasteiger partial charge in [0.1, 0.15) is 5.76 Å². The van der Waals surface area contributed by atoms with Gasteiger partial charge in [0, 0.05) is 10.0 Å². The fourth-order valence-corrected chi connectivity index (χ4v) is 1.56. The number of halogens is 1. The SMILES string of the molecule is O=CC(=O)c1ccc(-c2ccc(Br)cc2)o1. The van der Waals surface area contributed by atoms with Crippen LogP contribution in [0.15, 0.2) is 45.3 Å². The third kappa shape index (κ3) is 2.12. The van der Waals surface area contributed by atoms with Gasteiger partial charge in [-0.05, 0) is 24.3 Å². The first-order valence-corrected chi connectivity index (χ1v) is 5.35. The first kappa shape index (κ1) is 10.8. The van der Waals surface area contributed by atoms with Crippen molar-refractivity contribution in [1.82, 2.24) is 0 Å². The van der Waals surface area contributed by atoms with Crippen molar-refractivity contribution < 1.29 is 14.0 Å². The zero-order chi connectivity index (χ0) is 11.5. The van der Waals surface area contributed by atoms with Crippen molar-refractivity contribution in [3.63, 3.8) is 0 Å². The van der Waals surface area contributed by atoms with Gasteiger partial charge in [-0.2, -0.15) is 0 Å². The fourth-order valence-electron chi connectivity index (χ4n) is 1.30. The molecule has 0 spiro atoms. The van der Waals surface area contributed by atoms with Gasteiger partial charge in [0.25, 0.3) is 5.78 Å². The molecule has 0 N–H and O–H groups in total. The second-order valence-electron chi connectivity index (χ2n) is 3.15. The Morgan fingerprint density at radius 1 is 1.12 bits per heavy atom. The third-order valence-electron chi connectivity index (χ3n) is 2.08. The Balaban J connectivity index is 2.35. The number of furan rings is 1. The van der Waals surface area contributed by atoms with Crippen LogP contribution in [0, 0.1) is 0 Å². The van der Waals surface area contributed by atoms with Crippen LogP contribution in [0.3, 0.4) is 0 Å². The predicted molar refractivity (Wildman–Crippen MR) is 62.2 cm³/mol. The van der Waals surface area contributed by atoms with E-state index in [9.17, 15) is 9.59 Å². The molecule has 1 aromatic carbocycles. The van der Waals surface area contributed by atoms with Crippen LogP contribution in [0.25, 0.3) is 11.3 Å². The molecule has 0 bridgehead atoms. The number of carbonyl (C=O) groups is 2. The molecule has 0 radical (unpaired) electrons. The number of ketones is 1. The molecule has 2 rings (SSSR count). The van der Waals surface area contributed by atoms with E-state index in [0.717, 1.165) is 10.0 Å². The maximum atomic E-state index is 11.0. The Morgan fingerprint density at radius 3 is 2.44 bits per heavy atom. The van der Waals surface area contributed by atoms with Crippen molar-refractivity contribution in [2.24, 2.45) is 0 Å². The standard InChI is InChI=1S/C12H7BrO3/c13-9-3-1-8(2-4-9)11-5-6-12(16-11)10(15)7-14/h1-7H. The summed E-state index contributed by atoms with van der Waals surface area (Å²) in [7, 11) is 0. The van der Waals surface area contributed by atoms with E-state index in [2.05, 4.69) is 15.9 Å². The molecule has 0 atom stereocenters. The van der Waals surface area contributed by atoms with E-state index in [1.165, 1.54) is 6.07 Å². The van der Waals surface area contributed by atoms with Gasteiger partial charge in [0.05, 0.1) is 0 Å². The fraction of sp³-hybridized carbons (Fsp3) is 0. The van der Waals surface area contributed by atoms with E-state index in [0.29, 0.717) is 5.76 Å². The van der Waals surface area contributed by atoms with Crippen LogP contribution in [-0.4, -0.2) is 12.1 Å². The summed E-state index contributed by atoms with van der Waals surface area (Å²) >= 11 is 3.33. The Hall–Kier alpha value is -1.68. The van der Waals surface area contributed by atoms with E-state index >= 15 is 0 Å². The summed E-state index contributed by atoms with van der Waals surface area (Å²) in [4.78, 5) is 21.3. The second kappa shape index (κ2) is 4.45. The van der Waals surface area contributed by atoms with Crippen LogP contribution in [0.2, 0.25) is 0 Å². The molecule has 80 valence electrons. The Labute approximate surface area is 100 Å². The molecule has 0 aliphatic heterocycles. The molecule has 1 aromatic heterocycles. The third-order valence-corrected chi connectivity index (χ3v) is 2.61. The number of carbonyl (C=O) groups excluding carboxylic acids is 2. The van der Waals surface area contributed by atoms with Gasteiger partial charge in [-0.1, -0.05) is 28.1 Å². The zero-order valence-corrected chi connectivity index (χ0v) is 9.73. The van der Waals surface area contributed by atoms with Crippen molar-refractivity contribution in [1.29, 1.82) is 0 Å². The van der Waals surface area contributed by atoms with E-state index in [4.69, 9.17) is 4.42 Å². The summed E-state index contributed by atoms with van der Waals surface area (Å²) in [6, 6.07) is 10.6. The zero-order valence-electron chi connectivity index (χ0n) is 8.14. The summed E-state index contributed by atoms with van der Waals surface area (Å²) in [5.74, 6) is -0.0195. The molecule has 0 fully saturated rings. The minimum Gasteiger partial charge on any atom is -0.452 e. The quantitative estimate of drug-likeness (QED) is 0.492. The highest BCUT2D eigenvalue weighted by Crippen LogP contribution is 2.23. The van der Waals surface area contributed by atoms with Gasteiger partial charge in [-0.15, -0.1) is 0 Å². The predicted octanol–water partition coefficient (Wildman–Crippen LogP) is 3.09. The van der Waals surface area contributed by atoms with Crippen molar-refractivity contribution in [3.8, 4) is 11.3 Å². The van der Waals surface area contributed by atoms with Crippen molar-refractivity contribution in [2.45, 2.75) is 0 Å². The molecule has 4 heteroatoms. The normalized spacial score (nSPS) is 10.1. The minimum absolute atomic E-state index is 0.0629. The molecule has 1 heterocycles. The van der Waals surface area contributed by atoms with E-state index < -0.39 is 5.78 Å². The molecular formula is C12H7BrO3. The van der Waals surface area contributed by atoms with Gasteiger partial charge >= 0.3 is 0 Å². The minimum atomic E-state index is -0.650. The largest absolute Gasteiger partial charge is 0.452 e. The topological polar surface area (TPSA) is 47.3 Å². The first-order valence-electron chi connectivity index (χ1n) is 4.56. The second-order valence-corrected chi connectivity index (χ2v) is 4.07. The smallest absolute Gasteiger partial charge is 0.260 e.